The number of nitrogens with one attached hydrogen (secondary N) is 2. The zero-order chi connectivity index (χ0) is 17.3. The van der Waals surface area contributed by atoms with Gasteiger partial charge in [-0.25, -0.2) is 13.1 Å². The average Bonchev–Trinajstić information content (AvgIpc) is 3.18. The first-order valence-corrected chi connectivity index (χ1v) is 10.3. The van der Waals surface area contributed by atoms with Crippen molar-refractivity contribution >= 4 is 15.9 Å². The number of carbonyl (C=O) groups excluding carboxylic acids is 1. The summed E-state index contributed by atoms with van der Waals surface area (Å²) in [5.41, 5.74) is 0.393. The maximum atomic E-state index is 12.5. The average molecular weight is 350 g/mol. The van der Waals surface area contributed by atoms with Crippen LogP contribution in [0.1, 0.15) is 49.9 Å². The fourth-order valence-electron chi connectivity index (χ4n) is 4.38. The standard InChI is InChI=1S/C18H26N2O3S/c1-3-19-24(22,23)16-6-4-5-15(11-16)18(21)20-12(2)17-10-13-7-8-14(17)9-13/h4-6,11-14,17,19H,3,7-10H2,1-2H3,(H,20,21). The van der Waals surface area contributed by atoms with E-state index >= 15 is 0 Å². The molecule has 0 spiro atoms. The first-order chi connectivity index (χ1) is 11.4. The van der Waals surface area contributed by atoms with Gasteiger partial charge < -0.3 is 5.32 Å². The van der Waals surface area contributed by atoms with Crippen molar-refractivity contribution < 1.29 is 13.2 Å². The summed E-state index contributed by atoms with van der Waals surface area (Å²) in [6.45, 7) is 4.12. The van der Waals surface area contributed by atoms with Crippen molar-refractivity contribution in [3.05, 3.63) is 29.8 Å². The molecule has 2 aliphatic rings. The van der Waals surface area contributed by atoms with E-state index in [1.165, 1.54) is 37.8 Å². The molecule has 3 rings (SSSR count). The molecule has 24 heavy (non-hydrogen) atoms. The molecular weight excluding hydrogens is 324 g/mol. The van der Waals surface area contributed by atoms with Crippen molar-refractivity contribution in [3.63, 3.8) is 0 Å². The van der Waals surface area contributed by atoms with Crippen molar-refractivity contribution in [3.8, 4) is 0 Å². The van der Waals surface area contributed by atoms with E-state index in [-0.39, 0.29) is 16.8 Å². The van der Waals surface area contributed by atoms with Crippen LogP contribution in [0, 0.1) is 17.8 Å². The van der Waals surface area contributed by atoms with E-state index in [0.29, 0.717) is 18.0 Å². The van der Waals surface area contributed by atoms with Gasteiger partial charge in [-0.05, 0) is 62.1 Å². The zero-order valence-corrected chi connectivity index (χ0v) is 15.1. The smallest absolute Gasteiger partial charge is 0.251 e. The molecule has 6 heteroatoms. The normalized spacial score (nSPS) is 27.2. The topological polar surface area (TPSA) is 75.3 Å². The Morgan fingerprint density at radius 3 is 2.71 bits per heavy atom. The molecule has 1 amide bonds. The molecule has 2 fully saturated rings. The third-order valence-corrected chi connectivity index (χ3v) is 7.08. The summed E-state index contributed by atoms with van der Waals surface area (Å²) in [4.78, 5) is 12.7. The Labute approximate surface area is 144 Å². The van der Waals surface area contributed by atoms with Crippen LogP contribution in [0.5, 0.6) is 0 Å². The van der Waals surface area contributed by atoms with Crippen LogP contribution in [0.4, 0.5) is 0 Å². The Bertz CT molecular complexity index is 717. The fraction of sp³-hybridized carbons (Fsp3) is 0.611. The van der Waals surface area contributed by atoms with Gasteiger partial charge in [0.1, 0.15) is 0 Å². The fourth-order valence-corrected chi connectivity index (χ4v) is 5.47. The minimum atomic E-state index is -3.55. The van der Waals surface area contributed by atoms with Crippen LogP contribution >= 0.6 is 0 Å². The molecule has 4 atom stereocenters. The van der Waals surface area contributed by atoms with Crippen LogP contribution < -0.4 is 10.0 Å². The summed E-state index contributed by atoms with van der Waals surface area (Å²) in [5.74, 6) is 1.94. The predicted molar refractivity (Wildman–Crippen MR) is 93.2 cm³/mol. The molecule has 2 aliphatic carbocycles. The molecule has 0 heterocycles. The molecule has 0 aromatic heterocycles. The van der Waals surface area contributed by atoms with E-state index in [2.05, 4.69) is 17.0 Å². The van der Waals surface area contributed by atoms with Gasteiger partial charge >= 0.3 is 0 Å². The van der Waals surface area contributed by atoms with E-state index in [9.17, 15) is 13.2 Å². The Hall–Kier alpha value is -1.40. The molecule has 2 N–H and O–H groups in total. The Morgan fingerprint density at radius 1 is 1.29 bits per heavy atom. The molecule has 0 saturated heterocycles. The Morgan fingerprint density at radius 2 is 2.08 bits per heavy atom. The number of sulfonamides is 1. The number of carbonyl (C=O) groups is 1. The van der Waals surface area contributed by atoms with E-state index < -0.39 is 10.0 Å². The second-order valence-corrected chi connectivity index (χ2v) is 8.90. The third kappa shape index (κ3) is 3.49. The van der Waals surface area contributed by atoms with Crippen molar-refractivity contribution in [2.24, 2.45) is 17.8 Å². The molecule has 2 bridgehead atoms. The highest BCUT2D eigenvalue weighted by Crippen LogP contribution is 2.49. The maximum absolute atomic E-state index is 12.5. The first-order valence-electron chi connectivity index (χ1n) is 8.81. The van der Waals surface area contributed by atoms with E-state index in [1.807, 2.05) is 0 Å². The lowest BCUT2D eigenvalue weighted by Crippen LogP contribution is -2.40. The molecule has 1 aromatic rings. The first kappa shape index (κ1) is 17.4. The molecule has 4 unspecified atom stereocenters. The van der Waals surface area contributed by atoms with Crippen LogP contribution in [0.15, 0.2) is 29.2 Å². The summed E-state index contributed by atoms with van der Waals surface area (Å²) in [6, 6.07) is 6.35. The highest BCUT2D eigenvalue weighted by Gasteiger charge is 2.42. The van der Waals surface area contributed by atoms with Crippen molar-refractivity contribution in [1.82, 2.24) is 10.0 Å². The minimum absolute atomic E-state index is 0.127. The van der Waals surface area contributed by atoms with Gasteiger partial charge in [0.15, 0.2) is 0 Å². The van der Waals surface area contributed by atoms with Crippen LogP contribution in [-0.2, 0) is 10.0 Å². The lowest BCUT2D eigenvalue weighted by molar-refractivity contribution is 0.0915. The lowest BCUT2D eigenvalue weighted by atomic mass is 9.84. The quantitative estimate of drug-likeness (QED) is 0.828. The molecule has 5 nitrogen and oxygen atoms in total. The van der Waals surface area contributed by atoms with E-state index in [4.69, 9.17) is 0 Å². The number of rotatable bonds is 6. The van der Waals surface area contributed by atoms with E-state index in [1.54, 1.807) is 19.1 Å². The highest BCUT2D eigenvalue weighted by atomic mass is 32.2. The van der Waals surface area contributed by atoms with Gasteiger partial charge in [-0.15, -0.1) is 0 Å². The minimum Gasteiger partial charge on any atom is -0.349 e. The molecule has 2 saturated carbocycles. The Balaban J connectivity index is 1.69. The summed E-state index contributed by atoms with van der Waals surface area (Å²) >= 11 is 0. The maximum Gasteiger partial charge on any atom is 0.251 e. The number of benzene rings is 1. The van der Waals surface area contributed by atoms with Crippen LogP contribution in [0.2, 0.25) is 0 Å². The largest absolute Gasteiger partial charge is 0.349 e. The zero-order valence-electron chi connectivity index (χ0n) is 14.3. The number of amides is 1. The van der Waals surface area contributed by atoms with E-state index in [0.717, 1.165) is 11.8 Å². The third-order valence-electron chi connectivity index (χ3n) is 5.53. The van der Waals surface area contributed by atoms with Crippen molar-refractivity contribution in [1.29, 1.82) is 0 Å². The second-order valence-electron chi connectivity index (χ2n) is 7.13. The van der Waals surface area contributed by atoms with Crippen LogP contribution in [0.25, 0.3) is 0 Å². The lowest BCUT2D eigenvalue weighted by Gasteiger charge is -2.28. The summed E-state index contributed by atoms with van der Waals surface area (Å²) in [5, 5.41) is 3.08. The van der Waals surface area contributed by atoms with Gasteiger partial charge in [0.05, 0.1) is 4.90 Å². The highest BCUT2D eigenvalue weighted by molar-refractivity contribution is 7.89. The van der Waals surface area contributed by atoms with Gasteiger partial charge in [0.25, 0.3) is 5.91 Å². The second kappa shape index (κ2) is 6.84. The summed E-state index contributed by atoms with van der Waals surface area (Å²) in [7, 11) is -3.55. The monoisotopic (exact) mass is 350 g/mol. The molecule has 0 aliphatic heterocycles. The van der Waals surface area contributed by atoms with Gasteiger partial charge in [-0.3, -0.25) is 4.79 Å². The molecule has 0 radical (unpaired) electrons. The molecular formula is C18H26N2O3S. The summed E-state index contributed by atoms with van der Waals surface area (Å²) in [6.07, 6.45) is 5.14. The molecule has 1 aromatic carbocycles. The van der Waals surface area contributed by atoms with Crippen molar-refractivity contribution in [2.75, 3.05) is 6.54 Å². The van der Waals surface area contributed by atoms with Gasteiger partial charge in [-0.2, -0.15) is 0 Å². The van der Waals surface area contributed by atoms with Gasteiger partial charge in [0, 0.05) is 18.2 Å². The summed E-state index contributed by atoms with van der Waals surface area (Å²) < 4.78 is 26.6. The Kier molecular flexibility index (Phi) is 4.97. The molecule has 132 valence electrons. The number of fused-ring (bicyclic) bond motifs is 2. The van der Waals surface area contributed by atoms with Gasteiger partial charge in [-0.1, -0.05) is 19.4 Å². The number of hydrogen-bond donors (Lipinski definition) is 2. The van der Waals surface area contributed by atoms with Crippen molar-refractivity contribution in [2.45, 2.75) is 50.5 Å². The van der Waals surface area contributed by atoms with Crippen LogP contribution in [0.3, 0.4) is 0 Å². The van der Waals surface area contributed by atoms with Crippen LogP contribution in [-0.4, -0.2) is 26.9 Å². The SMILES string of the molecule is CCNS(=O)(=O)c1cccc(C(=O)NC(C)C2CC3CCC2C3)c1. The predicted octanol–water partition coefficient (Wildman–Crippen LogP) is 2.54. The number of hydrogen-bond acceptors (Lipinski definition) is 3. The van der Waals surface area contributed by atoms with Gasteiger partial charge in [0.2, 0.25) is 10.0 Å².